The number of nitrogens with zero attached hydrogens (tertiary/aromatic N) is 6. The van der Waals surface area contributed by atoms with Crippen molar-refractivity contribution >= 4 is 22.8 Å². The normalized spacial score (nSPS) is 14.7. The zero-order chi connectivity index (χ0) is 22.1. The number of aromatic nitrogens is 6. The third-order valence-corrected chi connectivity index (χ3v) is 5.91. The Bertz CT molecular complexity index is 1260. The minimum atomic E-state index is -0.318. The highest BCUT2D eigenvalue weighted by atomic mass is 19.1. The summed E-state index contributed by atoms with van der Waals surface area (Å²) in [7, 11) is 0. The van der Waals surface area contributed by atoms with Crippen LogP contribution in [0.1, 0.15) is 44.2 Å². The maximum atomic E-state index is 13.3. The number of carbonyl (C=O) groups excluding carboxylic acids is 1. The topological polar surface area (TPSA) is 90.5 Å². The molecule has 164 valence electrons. The van der Waals surface area contributed by atoms with E-state index in [0.29, 0.717) is 40.7 Å². The lowest BCUT2D eigenvalue weighted by molar-refractivity contribution is -0.117. The van der Waals surface area contributed by atoms with Crippen LogP contribution in [0, 0.1) is 18.7 Å². The maximum absolute atomic E-state index is 13.3. The number of aryl methyl sites for hydroxylation is 1. The number of benzene rings is 1. The predicted molar refractivity (Wildman–Crippen MR) is 118 cm³/mol. The van der Waals surface area contributed by atoms with Crippen molar-refractivity contribution in [3.8, 4) is 11.5 Å². The van der Waals surface area contributed by atoms with E-state index < -0.39 is 0 Å². The van der Waals surface area contributed by atoms with Crippen molar-refractivity contribution in [3.05, 3.63) is 54.4 Å². The molecule has 5 rings (SSSR count). The van der Waals surface area contributed by atoms with Crippen LogP contribution in [-0.4, -0.2) is 35.4 Å². The van der Waals surface area contributed by atoms with E-state index in [0.717, 1.165) is 18.5 Å². The van der Waals surface area contributed by atoms with Crippen LogP contribution in [0.25, 0.3) is 22.5 Å². The smallest absolute Gasteiger partial charge is 0.225 e. The van der Waals surface area contributed by atoms with Crippen molar-refractivity contribution in [2.45, 2.75) is 45.4 Å². The molecular formula is C23H24FN7O. The van der Waals surface area contributed by atoms with E-state index in [1.54, 1.807) is 27.7 Å². The highest BCUT2D eigenvalue weighted by Gasteiger charge is 2.20. The minimum Gasteiger partial charge on any atom is -0.311 e. The fourth-order valence-corrected chi connectivity index (χ4v) is 4.37. The largest absolute Gasteiger partial charge is 0.311 e. The molecule has 32 heavy (non-hydrogen) atoms. The first kappa shape index (κ1) is 20.3. The van der Waals surface area contributed by atoms with Crippen molar-refractivity contribution < 1.29 is 9.18 Å². The third kappa shape index (κ3) is 3.98. The number of fused-ring (bicyclic) bond motifs is 1. The van der Waals surface area contributed by atoms with Crippen LogP contribution in [0.5, 0.6) is 0 Å². The number of hydrogen-bond acceptors (Lipinski definition) is 5. The van der Waals surface area contributed by atoms with Gasteiger partial charge in [-0.3, -0.25) is 4.79 Å². The molecule has 1 N–H and O–H groups in total. The van der Waals surface area contributed by atoms with Gasteiger partial charge in [0.05, 0.1) is 23.0 Å². The molecule has 9 heteroatoms. The number of amides is 1. The molecule has 0 unspecified atom stereocenters. The Balaban J connectivity index is 1.47. The minimum absolute atomic E-state index is 0.00893. The van der Waals surface area contributed by atoms with E-state index in [2.05, 4.69) is 25.5 Å². The standard InChI is InChI=1S/C23H24FN7O/c1-15-11-20(28-21(32)12-16-5-3-2-4-6-16)31(29-15)23-19-13-27-30(22(19)25-14-26-23)18-9-7-17(24)8-10-18/h7-11,13-14,16H,2-6,12H2,1H3,(H,28,32). The molecule has 0 radical (unpaired) electrons. The number of rotatable bonds is 5. The van der Waals surface area contributed by atoms with Gasteiger partial charge < -0.3 is 5.32 Å². The Labute approximate surface area is 184 Å². The van der Waals surface area contributed by atoms with Gasteiger partial charge in [-0.15, -0.1) is 0 Å². The molecule has 0 spiro atoms. The lowest BCUT2D eigenvalue weighted by Gasteiger charge is -2.20. The number of nitrogens with one attached hydrogen (secondary N) is 1. The first-order chi connectivity index (χ1) is 15.6. The van der Waals surface area contributed by atoms with Crippen molar-refractivity contribution in [1.29, 1.82) is 0 Å². The monoisotopic (exact) mass is 433 g/mol. The number of hydrogen-bond donors (Lipinski definition) is 1. The molecular weight excluding hydrogens is 409 g/mol. The summed E-state index contributed by atoms with van der Waals surface area (Å²) in [6.45, 7) is 1.87. The molecule has 1 aliphatic carbocycles. The Morgan fingerprint density at radius 2 is 1.91 bits per heavy atom. The molecule has 1 aliphatic rings. The van der Waals surface area contributed by atoms with E-state index in [1.807, 2.05) is 13.0 Å². The van der Waals surface area contributed by atoms with Gasteiger partial charge in [0.2, 0.25) is 5.91 Å². The summed E-state index contributed by atoms with van der Waals surface area (Å²) < 4.78 is 16.6. The van der Waals surface area contributed by atoms with E-state index >= 15 is 0 Å². The average Bonchev–Trinajstić information content (AvgIpc) is 3.38. The Hall–Kier alpha value is -3.62. The fourth-order valence-electron chi connectivity index (χ4n) is 4.37. The van der Waals surface area contributed by atoms with Gasteiger partial charge in [0, 0.05) is 12.5 Å². The van der Waals surface area contributed by atoms with Gasteiger partial charge >= 0.3 is 0 Å². The van der Waals surface area contributed by atoms with Gasteiger partial charge in [0.25, 0.3) is 0 Å². The second-order valence-corrected chi connectivity index (χ2v) is 8.31. The molecule has 0 bridgehead atoms. The summed E-state index contributed by atoms with van der Waals surface area (Å²) in [5.41, 5.74) is 2.01. The van der Waals surface area contributed by atoms with Gasteiger partial charge in [-0.05, 0) is 49.9 Å². The van der Waals surface area contributed by atoms with E-state index in [4.69, 9.17) is 0 Å². The second-order valence-electron chi connectivity index (χ2n) is 8.31. The van der Waals surface area contributed by atoms with E-state index in [9.17, 15) is 9.18 Å². The van der Waals surface area contributed by atoms with Crippen LogP contribution in [-0.2, 0) is 4.79 Å². The average molecular weight is 433 g/mol. The van der Waals surface area contributed by atoms with Crippen LogP contribution < -0.4 is 5.32 Å². The molecule has 1 amide bonds. The summed E-state index contributed by atoms with van der Waals surface area (Å²) in [6, 6.07) is 7.86. The Kier molecular flexibility index (Phi) is 5.38. The molecule has 3 heterocycles. The quantitative estimate of drug-likeness (QED) is 0.505. The van der Waals surface area contributed by atoms with Crippen LogP contribution in [0.2, 0.25) is 0 Å². The lowest BCUT2D eigenvalue weighted by atomic mass is 9.87. The maximum Gasteiger partial charge on any atom is 0.225 e. The Morgan fingerprint density at radius 1 is 1.12 bits per heavy atom. The number of halogens is 1. The molecule has 8 nitrogen and oxygen atoms in total. The predicted octanol–water partition coefficient (Wildman–Crippen LogP) is 4.36. The summed E-state index contributed by atoms with van der Waals surface area (Å²) in [5, 5.41) is 12.7. The molecule has 0 saturated heterocycles. The van der Waals surface area contributed by atoms with Crippen LogP contribution in [0.15, 0.2) is 42.9 Å². The molecule has 3 aromatic heterocycles. The molecule has 4 aromatic rings. The second kappa shape index (κ2) is 8.49. The van der Waals surface area contributed by atoms with Gasteiger partial charge in [0.1, 0.15) is 18.0 Å². The fraction of sp³-hybridized carbons (Fsp3) is 0.348. The lowest BCUT2D eigenvalue weighted by Crippen LogP contribution is -2.20. The van der Waals surface area contributed by atoms with Crippen molar-refractivity contribution in [2.75, 3.05) is 5.32 Å². The third-order valence-electron chi connectivity index (χ3n) is 5.91. The zero-order valence-electron chi connectivity index (χ0n) is 17.8. The van der Waals surface area contributed by atoms with Crippen molar-refractivity contribution in [2.24, 2.45) is 5.92 Å². The summed E-state index contributed by atoms with van der Waals surface area (Å²) in [4.78, 5) is 21.5. The SMILES string of the molecule is Cc1cc(NC(=O)CC2CCCCC2)n(-c2ncnc3c2cnn3-c2ccc(F)cc2)n1. The highest BCUT2D eigenvalue weighted by Crippen LogP contribution is 2.28. The summed E-state index contributed by atoms with van der Waals surface area (Å²) in [6.07, 6.45) is 9.49. The van der Waals surface area contributed by atoms with Gasteiger partial charge in [-0.2, -0.15) is 14.9 Å². The molecule has 1 aromatic carbocycles. The van der Waals surface area contributed by atoms with Crippen LogP contribution >= 0.6 is 0 Å². The van der Waals surface area contributed by atoms with Gasteiger partial charge in [0.15, 0.2) is 11.5 Å². The van der Waals surface area contributed by atoms with Crippen LogP contribution in [0.4, 0.5) is 10.2 Å². The van der Waals surface area contributed by atoms with E-state index in [1.165, 1.54) is 37.7 Å². The highest BCUT2D eigenvalue weighted by molar-refractivity contribution is 5.91. The first-order valence-corrected chi connectivity index (χ1v) is 10.9. The summed E-state index contributed by atoms with van der Waals surface area (Å²) >= 11 is 0. The molecule has 1 saturated carbocycles. The van der Waals surface area contributed by atoms with Gasteiger partial charge in [-0.25, -0.2) is 19.0 Å². The zero-order valence-corrected chi connectivity index (χ0v) is 17.8. The van der Waals surface area contributed by atoms with Gasteiger partial charge in [-0.1, -0.05) is 19.3 Å². The van der Waals surface area contributed by atoms with E-state index in [-0.39, 0.29) is 11.7 Å². The molecule has 0 aliphatic heterocycles. The molecule has 0 atom stereocenters. The molecule has 1 fully saturated rings. The Morgan fingerprint density at radius 3 is 2.69 bits per heavy atom. The number of carbonyl (C=O) groups is 1. The first-order valence-electron chi connectivity index (χ1n) is 10.9. The number of anilines is 1. The van der Waals surface area contributed by atoms with Crippen molar-refractivity contribution in [1.82, 2.24) is 29.5 Å². The van der Waals surface area contributed by atoms with Crippen LogP contribution in [0.3, 0.4) is 0 Å². The summed E-state index contributed by atoms with van der Waals surface area (Å²) in [5.74, 6) is 1.20. The van der Waals surface area contributed by atoms with Crippen molar-refractivity contribution in [3.63, 3.8) is 0 Å².